The van der Waals surface area contributed by atoms with E-state index in [1.807, 2.05) is 0 Å². The molecule has 0 aliphatic carbocycles. The first-order valence-electron chi connectivity index (χ1n) is 3.46. The predicted molar refractivity (Wildman–Crippen MR) is 36.4 cm³/mol. The number of rotatable bonds is 0. The Morgan fingerprint density at radius 1 is 1.40 bits per heavy atom. The van der Waals surface area contributed by atoms with Crippen LogP contribution in [0, 0.1) is 0 Å². The molecule has 3 heteroatoms. The average molecular weight is 141 g/mol. The molecule has 2 fully saturated rings. The summed E-state index contributed by atoms with van der Waals surface area (Å²) in [6, 6.07) is 0. The number of hydrogen-bond donors (Lipinski definition) is 0. The molecule has 0 aromatic rings. The van der Waals surface area contributed by atoms with Crippen LogP contribution in [0.2, 0.25) is 0 Å². The molecule has 0 radical (unpaired) electrons. The van der Waals surface area contributed by atoms with Gasteiger partial charge in [-0.05, 0) is 13.6 Å². The highest BCUT2D eigenvalue weighted by Gasteiger charge is 2.39. The molecule has 0 N–H and O–H groups in total. The third-order valence-corrected chi connectivity index (χ3v) is 1.96. The van der Waals surface area contributed by atoms with Gasteiger partial charge in [0.2, 0.25) is 0 Å². The lowest BCUT2D eigenvalue weighted by Crippen LogP contribution is -2.18. The van der Waals surface area contributed by atoms with E-state index in [0.29, 0.717) is 5.95 Å². The topological polar surface area (TPSA) is 21.7 Å². The van der Waals surface area contributed by atoms with Crippen LogP contribution in [0.3, 0.4) is 0 Å². The number of fused-ring (bicyclic) bond motifs is 1. The normalized spacial score (nSPS) is 39.1. The third-order valence-electron chi connectivity index (χ3n) is 1.96. The van der Waals surface area contributed by atoms with Gasteiger partial charge in [-0.2, -0.15) is 0 Å². The maximum Gasteiger partial charge on any atom is 0.272 e. The third kappa shape index (κ3) is 0.778. The first kappa shape index (κ1) is 6.04. The van der Waals surface area contributed by atoms with Gasteiger partial charge in [0.25, 0.3) is 5.95 Å². The van der Waals surface area contributed by atoms with E-state index < -0.39 is 0 Å². The van der Waals surface area contributed by atoms with Crippen LogP contribution in [-0.2, 0) is 9.47 Å². The lowest BCUT2D eigenvalue weighted by molar-refractivity contribution is 0.110. The quantitative estimate of drug-likeness (QED) is 0.480. The summed E-state index contributed by atoms with van der Waals surface area (Å²) in [6.07, 6.45) is 0.468. The smallest absolute Gasteiger partial charge is 0.272 e. The van der Waals surface area contributed by atoms with Gasteiger partial charge >= 0.3 is 0 Å². The highest BCUT2D eigenvalue weighted by atomic mass is 16.7. The van der Waals surface area contributed by atoms with E-state index in [4.69, 9.17) is 9.47 Å². The lowest BCUT2D eigenvalue weighted by Gasteiger charge is -2.08. The van der Waals surface area contributed by atoms with Crippen molar-refractivity contribution >= 4 is 0 Å². The Bertz CT molecular complexity index is 153. The summed E-state index contributed by atoms with van der Waals surface area (Å²) < 4.78 is 10.6. The Kier molecular flexibility index (Phi) is 1.14. The van der Waals surface area contributed by atoms with Crippen molar-refractivity contribution in [3.63, 3.8) is 0 Å². The van der Waals surface area contributed by atoms with Crippen molar-refractivity contribution in [2.45, 2.75) is 12.2 Å². The summed E-state index contributed by atoms with van der Waals surface area (Å²) in [5, 5.41) is 0. The Morgan fingerprint density at radius 2 is 1.90 bits per heavy atom. The molecular formula is C7H11NO2. The molecule has 0 bridgehead atoms. The zero-order valence-corrected chi connectivity index (χ0v) is 6.04. The Labute approximate surface area is 60.2 Å². The molecular weight excluding hydrogens is 130 g/mol. The summed E-state index contributed by atoms with van der Waals surface area (Å²) in [7, 11) is 2.06. The molecule has 10 heavy (non-hydrogen) atoms. The van der Waals surface area contributed by atoms with Crippen LogP contribution < -0.4 is 0 Å². The molecule has 2 heterocycles. The van der Waals surface area contributed by atoms with Crippen LogP contribution in [0.4, 0.5) is 0 Å². The highest BCUT2D eigenvalue weighted by molar-refractivity contribution is 4.94. The molecule has 2 rings (SSSR count). The molecule has 2 saturated heterocycles. The molecule has 56 valence electrons. The van der Waals surface area contributed by atoms with E-state index in [9.17, 15) is 0 Å². The Morgan fingerprint density at radius 3 is 2.40 bits per heavy atom. The van der Waals surface area contributed by atoms with Crippen molar-refractivity contribution in [1.29, 1.82) is 0 Å². The van der Waals surface area contributed by atoms with Crippen molar-refractivity contribution in [2.24, 2.45) is 0 Å². The minimum atomic E-state index is 0.234. The van der Waals surface area contributed by atoms with Crippen LogP contribution >= 0.6 is 0 Å². The molecule has 2 atom stereocenters. The van der Waals surface area contributed by atoms with E-state index in [1.54, 1.807) is 0 Å². The fraction of sp³-hybridized carbons (Fsp3) is 0.714. The fourth-order valence-electron chi connectivity index (χ4n) is 1.52. The van der Waals surface area contributed by atoms with Crippen LogP contribution in [-0.4, -0.2) is 37.2 Å². The molecule has 0 saturated carbocycles. The number of likely N-dealkylation sites (tertiary alicyclic amines) is 1. The first-order chi connectivity index (χ1) is 4.75. The molecule has 2 unspecified atom stereocenters. The second-order valence-electron chi connectivity index (χ2n) is 2.91. The van der Waals surface area contributed by atoms with E-state index >= 15 is 0 Å². The maximum atomic E-state index is 5.30. The predicted octanol–water partition coefficient (Wildman–Crippen LogP) is 0.187. The molecule has 0 spiro atoms. The van der Waals surface area contributed by atoms with E-state index in [0.717, 1.165) is 13.1 Å². The van der Waals surface area contributed by atoms with Crippen LogP contribution in [0.15, 0.2) is 12.5 Å². The number of nitrogens with zero attached hydrogens (tertiary/aromatic N) is 1. The van der Waals surface area contributed by atoms with Crippen molar-refractivity contribution in [3.05, 3.63) is 12.5 Å². The summed E-state index contributed by atoms with van der Waals surface area (Å²) in [6.45, 7) is 5.52. The number of hydrogen-bond acceptors (Lipinski definition) is 3. The van der Waals surface area contributed by atoms with Gasteiger partial charge in [-0.1, -0.05) is 0 Å². The average Bonchev–Trinajstić information content (AvgIpc) is 2.21. The molecule has 3 nitrogen and oxygen atoms in total. The molecule has 2 aliphatic heterocycles. The standard InChI is InChI=1S/C7H11NO2/c1-5-9-6-3-8(2)4-7(6)10-5/h6-7H,1,3-4H2,2H3. The maximum absolute atomic E-state index is 5.30. The minimum Gasteiger partial charge on any atom is -0.457 e. The summed E-state index contributed by atoms with van der Waals surface area (Å²) >= 11 is 0. The highest BCUT2D eigenvalue weighted by Crippen LogP contribution is 2.26. The van der Waals surface area contributed by atoms with Crippen molar-refractivity contribution in [1.82, 2.24) is 4.90 Å². The Hall–Kier alpha value is -0.700. The summed E-state index contributed by atoms with van der Waals surface area (Å²) in [5.74, 6) is 0.489. The molecule has 0 amide bonds. The zero-order chi connectivity index (χ0) is 7.14. The van der Waals surface area contributed by atoms with Gasteiger partial charge < -0.3 is 9.47 Å². The molecule has 0 aromatic heterocycles. The number of ether oxygens (including phenoxy) is 2. The summed E-state index contributed by atoms with van der Waals surface area (Å²) in [5.41, 5.74) is 0. The van der Waals surface area contributed by atoms with Crippen LogP contribution in [0.1, 0.15) is 0 Å². The van der Waals surface area contributed by atoms with Crippen LogP contribution in [0.5, 0.6) is 0 Å². The zero-order valence-electron chi connectivity index (χ0n) is 6.04. The minimum absolute atomic E-state index is 0.234. The van der Waals surface area contributed by atoms with Gasteiger partial charge in [0.15, 0.2) is 12.2 Å². The van der Waals surface area contributed by atoms with Crippen molar-refractivity contribution in [3.8, 4) is 0 Å². The van der Waals surface area contributed by atoms with Gasteiger partial charge in [0, 0.05) is 13.1 Å². The Balaban J connectivity index is 2.06. The fourth-order valence-corrected chi connectivity index (χ4v) is 1.52. The number of likely N-dealkylation sites (N-methyl/N-ethyl adjacent to an activating group) is 1. The largest absolute Gasteiger partial charge is 0.457 e. The van der Waals surface area contributed by atoms with E-state index in [2.05, 4.69) is 18.5 Å². The van der Waals surface area contributed by atoms with Gasteiger partial charge in [-0.15, -0.1) is 0 Å². The SMILES string of the molecule is C=C1OC2CN(C)CC2O1. The van der Waals surface area contributed by atoms with Gasteiger partial charge in [0.05, 0.1) is 0 Å². The monoisotopic (exact) mass is 141 g/mol. The second-order valence-corrected chi connectivity index (χ2v) is 2.91. The van der Waals surface area contributed by atoms with E-state index in [-0.39, 0.29) is 12.2 Å². The van der Waals surface area contributed by atoms with Gasteiger partial charge in [-0.3, -0.25) is 4.90 Å². The molecule has 0 aromatic carbocycles. The van der Waals surface area contributed by atoms with E-state index in [1.165, 1.54) is 0 Å². The summed E-state index contributed by atoms with van der Waals surface area (Å²) in [4.78, 5) is 2.20. The van der Waals surface area contributed by atoms with Crippen molar-refractivity contribution < 1.29 is 9.47 Å². The van der Waals surface area contributed by atoms with Gasteiger partial charge in [-0.25, -0.2) is 0 Å². The second kappa shape index (κ2) is 1.89. The van der Waals surface area contributed by atoms with Gasteiger partial charge in [0.1, 0.15) is 0 Å². The first-order valence-corrected chi connectivity index (χ1v) is 3.46. The van der Waals surface area contributed by atoms with Crippen molar-refractivity contribution in [2.75, 3.05) is 20.1 Å². The van der Waals surface area contributed by atoms with Crippen LogP contribution in [0.25, 0.3) is 0 Å². The molecule has 2 aliphatic rings. The lowest BCUT2D eigenvalue weighted by atomic mass is 10.3.